The lowest BCUT2D eigenvalue weighted by Crippen LogP contribution is -2.17. The summed E-state index contributed by atoms with van der Waals surface area (Å²) in [5.74, 6) is -3.36. The van der Waals surface area contributed by atoms with Crippen LogP contribution in [0.5, 0.6) is 0 Å². The highest BCUT2D eigenvalue weighted by molar-refractivity contribution is 6.27. The average molecular weight is 431 g/mol. The fourth-order valence-electron chi connectivity index (χ4n) is 2.63. The Labute approximate surface area is 182 Å². The molecule has 0 aliphatic heterocycles. The molecule has 0 fully saturated rings. The van der Waals surface area contributed by atoms with Crippen LogP contribution in [0.15, 0.2) is 48.7 Å². The van der Waals surface area contributed by atoms with Crippen LogP contribution in [0.3, 0.4) is 0 Å². The molecule has 0 bridgehead atoms. The third kappa shape index (κ3) is 9.86. The number of carboxylic acid groups (broad SMARTS) is 2. The van der Waals surface area contributed by atoms with Crippen molar-refractivity contribution in [2.45, 2.75) is 26.2 Å². The summed E-state index contributed by atoms with van der Waals surface area (Å²) >= 11 is 0. The summed E-state index contributed by atoms with van der Waals surface area (Å²) < 4.78 is 5.30. The Hall–Kier alpha value is -3.26. The fraction of sp³-hybridized carbons (Fsp3) is 0.391. The summed E-state index contributed by atoms with van der Waals surface area (Å²) in [6, 6.07) is 13.7. The van der Waals surface area contributed by atoms with E-state index in [1.54, 1.807) is 0 Å². The molecule has 0 amide bonds. The van der Waals surface area contributed by atoms with Crippen molar-refractivity contribution in [2.24, 2.45) is 5.92 Å². The molecule has 1 atom stereocenters. The van der Waals surface area contributed by atoms with E-state index in [1.165, 1.54) is 5.56 Å². The molecule has 2 aromatic rings. The highest BCUT2D eigenvalue weighted by Gasteiger charge is 2.17. The zero-order valence-electron chi connectivity index (χ0n) is 18.3. The average Bonchev–Trinajstić information content (AvgIpc) is 2.73. The lowest BCUT2D eigenvalue weighted by Gasteiger charge is -2.19. The van der Waals surface area contributed by atoms with Crippen LogP contribution in [-0.4, -0.2) is 65.3 Å². The Kier molecular flexibility index (Phi) is 10.9. The summed E-state index contributed by atoms with van der Waals surface area (Å²) in [7, 11) is 4.15. The van der Waals surface area contributed by atoms with E-state index in [0.717, 1.165) is 18.7 Å². The minimum atomic E-state index is -1.82. The molecule has 1 heterocycles. The minimum absolute atomic E-state index is 0.212. The maximum Gasteiger partial charge on any atom is 0.414 e. The van der Waals surface area contributed by atoms with Gasteiger partial charge < -0.3 is 19.8 Å². The SMILES string of the molecule is CC(C)COC(=O)c1ccc(C(CCN(C)C)c2ccccn2)cc1.O=C(O)C(=O)O. The second kappa shape index (κ2) is 13.1. The molecule has 0 aliphatic carbocycles. The van der Waals surface area contributed by atoms with Gasteiger partial charge in [0.15, 0.2) is 0 Å². The molecule has 1 aromatic carbocycles. The number of ether oxygens (including phenoxy) is 1. The smallest absolute Gasteiger partial charge is 0.414 e. The first kappa shape index (κ1) is 25.8. The number of esters is 1. The second-order valence-corrected chi connectivity index (χ2v) is 7.62. The van der Waals surface area contributed by atoms with E-state index in [9.17, 15) is 4.79 Å². The molecular formula is C23H30N2O6. The van der Waals surface area contributed by atoms with Crippen LogP contribution in [0.4, 0.5) is 0 Å². The number of nitrogens with zero attached hydrogens (tertiary/aromatic N) is 2. The monoisotopic (exact) mass is 430 g/mol. The first-order chi connectivity index (χ1) is 14.6. The van der Waals surface area contributed by atoms with Gasteiger partial charge in [-0.1, -0.05) is 32.0 Å². The summed E-state index contributed by atoms with van der Waals surface area (Å²) in [5, 5.41) is 14.8. The number of aromatic nitrogens is 1. The number of pyridine rings is 1. The van der Waals surface area contributed by atoms with Gasteiger partial charge in [-0.3, -0.25) is 4.98 Å². The van der Waals surface area contributed by atoms with Gasteiger partial charge in [-0.05, 0) is 62.8 Å². The van der Waals surface area contributed by atoms with Gasteiger partial charge in [0.25, 0.3) is 0 Å². The van der Waals surface area contributed by atoms with Crippen LogP contribution in [0, 0.1) is 5.92 Å². The molecule has 1 aromatic heterocycles. The fourth-order valence-corrected chi connectivity index (χ4v) is 2.63. The van der Waals surface area contributed by atoms with Gasteiger partial charge in [-0.15, -0.1) is 0 Å². The van der Waals surface area contributed by atoms with Crippen LogP contribution < -0.4 is 0 Å². The maximum absolute atomic E-state index is 12.1. The zero-order valence-corrected chi connectivity index (χ0v) is 18.3. The van der Waals surface area contributed by atoms with E-state index >= 15 is 0 Å². The van der Waals surface area contributed by atoms with Crippen LogP contribution >= 0.6 is 0 Å². The standard InChI is InChI=1S/C21H28N2O2.C2H2O4/c1-16(2)15-25-21(24)18-10-8-17(9-11-18)19(12-14-23(3)4)20-7-5-6-13-22-20;3-1(4)2(5)6/h5-11,13,16,19H,12,14-15H2,1-4H3;(H,3,4)(H,5,6). The van der Waals surface area contributed by atoms with Gasteiger partial charge >= 0.3 is 17.9 Å². The summed E-state index contributed by atoms with van der Waals surface area (Å²) in [4.78, 5) is 37.0. The van der Waals surface area contributed by atoms with Crippen molar-refractivity contribution >= 4 is 17.9 Å². The molecule has 2 N–H and O–H groups in total. The van der Waals surface area contributed by atoms with Gasteiger partial charge in [0.1, 0.15) is 0 Å². The predicted molar refractivity (Wildman–Crippen MR) is 116 cm³/mol. The molecule has 8 nitrogen and oxygen atoms in total. The molecule has 0 saturated heterocycles. The van der Waals surface area contributed by atoms with Crippen molar-refractivity contribution in [3.05, 3.63) is 65.5 Å². The van der Waals surface area contributed by atoms with Crippen molar-refractivity contribution in [3.63, 3.8) is 0 Å². The van der Waals surface area contributed by atoms with Crippen LogP contribution in [0.1, 0.15) is 47.8 Å². The minimum Gasteiger partial charge on any atom is -0.473 e. The molecule has 0 spiro atoms. The van der Waals surface area contributed by atoms with Gasteiger partial charge in [-0.2, -0.15) is 0 Å². The quantitative estimate of drug-likeness (QED) is 0.485. The molecule has 0 saturated carbocycles. The number of carbonyl (C=O) groups is 3. The zero-order chi connectivity index (χ0) is 23.4. The number of rotatable bonds is 8. The second-order valence-electron chi connectivity index (χ2n) is 7.62. The normalized spacial score (nSPS) is 11.4. The number of carboxylic acids is 2. The molecule has 2 rings (SSSR count). The molecular weight excluding hydrogens is 400 g/mol. The number of carbonyl (C=O) groups excluding carboxylic acids is 1. The first-order valence-corrected chi connectivity index (χ1v) is 9.90. The van der Waals surface area contributed by atoms with Crippen LogP contribution in [0.2, 0.25) is 0 Å². The predicted octanol–water partition coefficient (Wildman–Crippen LogP) is 3.13. The van der Waals surface area contributed by atoms with Crippen LogP contribution in [0.25, 0.3) is 0 Å². The Balaban J connectivity index is 0.000000703. The van der Waals surface area contributed by atoms with Crippen molar-refractivity contribution in [1.29, 1.82) is 0 Å². The van der Waals surface area contributed by atoms with E-state index in [2.05, 4.69) is 30.0 Å². The molecule has 0 aliphatic rings. The van der Waals surface area contributed by atoms with Gasteiger partial charge in [0.2, 0.25) is 0 Å². The largest absolute Gasteiger partial charge is 0.473 e. The summed E-state index contributed by atoms with van der Waals surface area (Å²) in [6.45, 7) is 5.47. The third-order valence-corrected chi connectivity index (χ3v) is 4.19. The van der Waals surface area contributed by atoms with Gasteiger partial charge in [-0.25, -0.2) is 14.4 Å². The Morgan fingerprint density at radius 1 is 1.00 bits per heavy atom. The highest BCUT2D eigenvalue weighted by Crippen LogP contribution is 2.27. The van der Waals surface area contributed by atoms with E-state index in [-0.39, 0.29) is 11.9 Å². The lowest BCUT2D eigenvalue weighted by atomic mass is 9.91. The van der Waals surface area contributed by atoms with Gasteiger partial charge in [0.05, 0.1) is 12.2 Å². The van der Waals surface area contributed by atoms with Crippen molar-refractivity contribution in [3.8, 4) is 0 Å². The molecule has 168 valence electrons. The molecule has 1 unspecified atom stereocenters. The third-order valence-electron chi connectivity index (χ3n) is 4.19. The van der Waals surface area contributed by atoms with Crippen LogP contribution in [-0.2, 0) is 14.3 Å². The molecule has 8 heteroatoms. The Morgan fingerprint density at radius 3 is 2.06 bits per heavy atom. The summed E-state index contributed by atoms with van der Waals surface area (Å²) in [6.07, 6.45) is 2.80. The highest BCUT2D eigenvalue weighted by atomic mass is 16.5. The van der Waals surface area contributed by atoms with E-state index < -0.39 is 11.9 Å². The summed E-state index contributed by atoms with van der Waals surface area (Å²) in [5.41, 5.74) is 2.82. The van der Waals surface area contributed by atoms with E-state index in [4.69, 9.17) is 24.5 Å². The first-order valence-electron chi connectivity index (χ1n) is 9.90. The number of aliphatic carboxylic acids is 2. The van der Waals surface area contributed by atoms with Crippen molar-refractivity contribution < 1.29 is 29.3 Å². The molecule has 31 heavy (non-hydrogen) atoms. The van der Waals surface area contributed by atoms with E-state index in [0.29, 0.717) is 18.1 Å². The van der Waals surface area contributed by atoms with Gasteiger partial charge in [0, 0.05) is 17.8 Å². The van der Waals surface area contributed by atoms with Crippen molar-refractivity contribution in [2.75, 3.05) is 27.2 Å². The van der Waals surface area contributed by atoms with E-state index in [1.807, 2.05) is 56.4 Å². The number of hydrogen-bond donors (Lipinski definition) is 2. The maximum atomic E-state index is 12.1. The number of hydrogen-bond acceptors (Lipinski definition) is 6. The Bertz CT molecular complexity index is 823. The lowest BCUT2D eigenvalue weighted by molar-refractivity contribution is -0.159. The topological polar surface area (TPSA) is 117 Å². The Morgan fingerprint density at radius 2 is 1.61 bits per heavy atom. The number of benzene rings is 1. The molecule has 0 radical (unpaired) electrons. The van der Waals surface area contributed by atoms with Crippen molar-refractivity contribution in [1.82, 2.24) is 9.88 Å².